The van der Waals surface area contributed by atoms with Gasteiger partial charge in [0.05, 0.1) is 11.6 Å². The number of carbonyl (C=O) groups is 2. The summed E-state index contributed by atoms with van der Waals surface area (Å²) in [5, 5.41) is 17.5. The standard InChI is InChI=1S/C8H11O7P/c9-7(10)4-1-2-5(8(11)12)6(3-4)16(13,14)15/h1,5-6H,2-3H2,(H,9,10)(H,11,12)(H2,13,14,15). The molecule has 7 nitrogen and oxygen atoms in total. The molecule has 16 heavy (non-hydrogen) atoms. The maximum Gasteiger partial charge on any atom is 0.331 e. The van der Waals surface area contributed by atoms with Crippen LogP contribution in [-0.4, -0.2) is 37.6 Å². The van der Waals surface area contributed by atoms with Gasteiger partial charge in [-0.1, -0.05) is 6.08 Å². The third-order valence-electron chi connectivity index (χ3n) is 2.54. The number of allylic oxidation sites excluding steroid dienone is 1. The van der Waals surface area contributed by atoms with Crippen LogP contribution in [0.3, 0.4) is 0 Å². The van der Waals surface area contributed by atoms with Gasteiger partial charge in [0.25, 0.3) is 0 Å². The van der Waals surface area contributed by atoms with Crippen LogP contribution in [0.2, 0.25) is 0 Å². The molecule has 0 aromatic rings. The Morgan fingerprint density at radius 2 is 1.88 bits per heavy atom. The molecule has 0 bridgehead atoms. The Bertz CT molecular complexity index is 393. The first kappa shape index (κ1) is 12.9. The molecular weight excluding hydrogens is 239 g/mol. The predicted molar refractivity (Wildman–Crippen MR) is 51.9 cm³/mol. The molecule has 0 saturated heterocycles. The van der Waals surface area contributed by atoms with E-state index in [1.54, 1.807) is 0 Å². The lowest BCUT2D eigenvalue weighted by Gasteiger charge is -2.27. The van der Waals surface area contributed by atoms with Crippen molar-refractivity contribution in [2.75, 3.05) is 0 Å². The number of carboxylic acid groups (broad SMARTS) is 2. The summed E-state index contributed by atoms with van der Waals surface area (Å²) >= 11 is 0. The molecule has 0 amide bonds. The predicted octanol–water partition coefficient (Wildman–Crippen LogP) is 0.0383. The molecule has 1 aliphatic rings. The van der Waals surface area contributed by atoms with Crippen LogP contribution in [-0.2, 0) is 14.2 Å². The Labute approximate surface area is 90.6 Å². The van der Waals surface area contributed by atoms with Gasteiger partial charge in [-0.2, -0.15) is 0 Å². The zero-order valence-corrected chi connectivity index (χ0v) is 9.00. The molecule has 0 aromatic carbocycles. The maximum atomic E-state index is 11.1. The van der Waals surface area contributed by atoms with E-state index in [1.807, 2.05) is 0 Å². The molecule has 90 valence electrons. The van der Waals surface area contributed by atoms with Gasteiger partial charge in [0.1, 0.15) is 0 Å². The van der Waals surface area contributed by atoms with E-state index in [1.165, 1.54) is 6.08 Å². The quantitative estimate of drug-likeness (QED) is 0.519. The maximum absolute atomic E-state index is 11.1. The smallest absolute Gasteiger partial charge is 0.331 e. The van der Waals surface area contributed by atoms with E-state index in [9.17, 15) is 14.2 Å². The first-order valence-corrected chi connectivity index (χ1v) is 6.12. The first-order valence-electron chi connectivity index (χ1n) is 4.44. The second kappa shape index (κ2) is 4.37. The van der Waals surface area contributed by atoms with E-state index in [4.69, 9.17) is 20.0 Å². The minimum Gasteiger partial charge on any atom is -0.481 e. The van der Waals surface area contributed by atoms with E-state index in [0.29, 0.717) is 0 Å². The lowest BCUT2D eigenvalue weighted by molar-refractivity contribution is -0.142. The van der Waals surface area contributed by atoms with Gasteiger partial charge in [-0.25, -0.2) is 4.79 Å². The zero-order valence-electron chi connectivity index (χ0n) is 8.11. The van der Waals surface area contributed by atoms with E-state index in [2.05, 4.69) is 0 Å². The van der Waals surface area contributed by atoms with E-state index in [0.717, 1.165) is 0 Å². The number of aliphatic carboxylic acids is 2. The first-order chi connectivity index (χ1) is 7.23. The van der Waals surface area contributed by atoms with Crippen LogP contribution in [0.5, 0.6) is 0 Å². The highest BCUT2D eigenvalue weighted by Gasteiger charge is 2.43. The van der Waals surface area contributed by atoms with Gasteiger partial charge >= 0.3 is 19.5 Å². The van der Waals surface area contributed by atoms with Crippen LogP contribution in [0, 0.1) is 5.92 Å². The molecule has 0 saturated carbocycles. The Morgan fingerprint density at radius 3 is 2.25 bits per heavy atom. The largest absolute Gasteiger partial charge is 0.481 e. The molecule has 0 aromatic heterocycles. The van der Waals surface area contributed by atoms with Gasteiger partial charge in [-0.3, -0.25) is 9.36 Å². The second-order valence-corrected chi connectivity index (χ2v) is 5.42. The van der Waals surface area contributed by atoms with Gasteiger partial charge in [0.15, 0.2) is 0 Å². The van der Waals surface area contributed by atoms with Crippen LogP contribution >= 0.6 is 7.60 Å². The van der Waals surface area contributed by atoms with E-state index >= 15 is 0 Å². The molecule has 0 radical (unpaired) electrons. The van der Waals surface area contributed by atoms with E-state index in [-0.39, 0.29) is 12.0 Å². The molecule has 0 fully saturated rings. The highest BCUT2D eigenvalue weighted by Crippen LogP contribution is 2.50. The molecule has 0 aliphatic heterocycles. The summed E-state index contributed by atoms with van der Waals surface area (Å²) in [6, 6.07) is 0. The molecule has 0 spiro atoms. The fourth-order valence-electron chi connectivity index (χ4n) is 1.67. The summed E-state index contributed by atoms with van der Waals surface area (Å²) in [4.78, 5) is 39.4. The van der Waals surface area contributed by atoms with Gasteiger partial charge in [-0.05, 0) is 12.8 Å². The van der Waals surface area contributed by atoms with Crippen molar-refractivity contribution in [2.45, 2.75) is 18.5 Å². The number of rotatable bonds is 3. The lowest BCUT2D eigenvalue weighted by Crippen LogP contribution is -2.32. The minimum atomic E-state index is -4.61. The third-order valence-corrected chi connectivity index (χ3v) is 3.94. The molecule has 2 unspecified atom stereocenters. The third kappa shape index (κ3) is 2.69. The van der Waals surface area contributed by atoms with Gasteiger partial charge < -0.3 is 20.0 Å². The molecule has 1 aliphatic carbocycles. The van der Waals surface area contributed by atoms with Crippen molar-refractivity contribution < 1.29 is 34.2 Å². The normalized spacial score (nSPS) is 26.0. The van der Waals surface area contributed by atoms with E-state index < -0.39 is 37.5 Å². The fourth-order valence-corrected chi connectivity index (χ4v) is 2.82. The number of hydrogen-bond donors (Lipinski definition) is 4. The summed E-state index contributed by atoms with van der Waals surface area (Å²) in [6.45, 7) is 0. The van der Waals surface area contributed by atoms with Crippen molar-refractivity contribution in [1.82, 2.24) is 0 Å². The van der Waals surface area contributed by atoms with Crippen molar-refractivity contribution >= 4 is 19.5 Å². The Hall–Kier alpha value is -1.17. The summed E-state index contributed by atoms with van der Waals surface area (Å²) in [6.07, 6.45) is 0.608. The minimum absolute atomic E-state index is 0.147. The summed E-state index contributed by atoms with van der Waals surface area (Å²) in [5.41, 5.74) is -1.60. The Balaban J connectivity index is 3.03. The molecule has 1 rings (SSSR count). The SMILES string of the molecule is O=C(O)C1=CCC(C(=O)O)C(P(=O)(O)O)C1. The van der Waals surface area contributed by atoms with Crippen molar-refractivity contribution in [1.29, 1.82) is 0 Å². The van der Waals surface area contributed by atoms with Crippen LogP contribution < -0.4 is 0 Å². The van der Waals surface area contributed by atoms with Crippen molar-refractivity contribution in [3.8, 4) is 0 Å². The zero-order chi connectivity index (χ0) is 12.5. The van der Waals surface area contributed by atoms with Crippen LogP contribution in [0.1, 0.15) is 12.8 Å². The van der Waals surface area contributed by atoms with Crippen LogP contribution in [0.15, 0.2) is 11.6 Å². The van der Waals surface area contributed by atoms with Crippen LogP contribution in [0.25, 0.3) is 0 Å². The average Bonchev–Trinajstić information content (AvgIpc) is 2.15. The Kier molecular flexibility index (Phi) is 3.52. The summed E-state index contributed by atoms with van der Waals surface area (Å²) in [7, 11) is -4.61. The monoisotopic (exact) mass is 250 g/mol. The summed E-state index contributed by atoms with van der Waals surface area (Å²) in [5.74, 6) is -3.83. The number of hydrogen-bond acceptors (Lipinski definition) is 3. The highest BCUT2D eigenvalue weighted by molar-refractivity contribution is 7.52. The molecule has 0 heterocycles. The number of carboxylic acids is 2. The van der Waals surface area contributed by atoms with Crippen molar-refractivity contribution in [3.63, 3.8) is 0 Å². The molecule has 8 heteroatoms. The van der Waals surface area contributed by atoms with Gasteiger partial charge in [0.2, 0.25) is 0 Å². The van der Waals surface area contributed by atoms with Gasteiger partial charge in [-0.15, -0.1) is 0 Å². The fraction of sp³-hybridized carbons (Fsp3) is 0.500. The average molecular weight is 250 g/mol. The second-order valence-electron chi connectivity index (χ2n) is 3.58. The molecular formula is C8H11O7P. The van der Waals surface area contributed by atoms with Gasteiger partial charge in [0, 0.05) is 5.57 Å². The Morgan fingerprint density at radius 1 is 1.31 bits per heavy atom. The molecule has 2 atom stereocenters. The van der Waals surface area contributed by atoms with Crippen molar-refractivity contribution in [2.24, 2.45) is 5.92 Å². The highest BCUT2D eigenvalue weighted by atomic mass is 31.2. The van der Waals surface area contributed by atoms with Crippen LogP contribution in [0.4, 0.5) is 0 Å². The molecule has 4 N–H and O–H groups in total. The van der Waals surface area contributed by atoms with Crippen molar-refractivity contribution in [3.05, 3.63) is 11.6 Å². The topological polar surface area (TPSA) is 132 Å². The summed E-state index contributed by atoms with van der Waals surface area (Å²) < 4.78 is 11.1. The lowest BCUT2D eigenvalue weighted by atomic mass is 9.89.